The Balaban J connectivity index is 1.66. The van der Waals surface area contributed by atoms with Crippen LogP contribution in [-0.4, -0.2) is 24.1 Å². The van der Waals surface area contributed by atoms with Crippen molar-refractivity contribution in [2.45, 2.75) is 26.4 Å². The van der Waals surface area contributed by atoms with Gasteiger partial charge in [0.2, 0.25) is 5.91 Å². The molecule has 1 N–H and O–H groups in total. The highest BCUT2D eigenvalue weighted by Crippen LogP contribution is 2.33. The van der Waals surface area contributed by atoms with Gasteiger partial charge in [-0.3, -0.25) is 4.79 Å². The average Bonchev–Trinajstić information content (AvgIpc) is 3.14. The van der Waals surface area contributed by atoms with Crippen LogP contribution in [0.15, 0.2) is 53.4 Å². The molecule has 1 unspecified atom stereocenters. The molecule has 0 radical (unpaired) electrons. The first-order valence-corrected chi connectivity index (χ1v) is 9.41. The summed E-state index contributed by atoms with van der Waals surface area (Å²) in [5, 5.41) is 4.66. The number of amides is 1. The van der Waals surface area contributed by atoms with E-state index in [2.05, 4.69) is 5.32 Å². The van der Waals surface area contributed by atoms with Crippen LogP contribution in [-0.2, 0) is 9.53 Å². The van der Waals surface area contributed by atoms with E-state index in [4.69, 9.17) is 9.47 Å². The number of thiophene rings is 1. The molecule has 140 valence electrons. The van der Waals surface area contributed by atoms with Crippen LogP contribution in [0, 0.1) is 0 Å². The lowest BCUT2D eigenvalue weighted by Crippen LogP contribution is -2.38. The number of esters is 1. The minimum atomic E-state index is -0.743. The second kappa shape index (κ2) is 7.80. The van der Waals surface area contributed by atoms with Gasteiger partial charge >= 0.3 is 5.97 Å². The molecule has 0 bridgehead atoms. The number of hydrogen-bond donors (Lipinski definition) is 1. The molecule has 1 aromatic heterocycles. The predicted octanol–water partition coefficient (Wildman–Crippen LogP) is 4.67. The van der Waals surface area contributed by atoms with Crippen LogP contribution in [0.4, 0.5) is 5.69 Å². The van der Waals surface area contributed by atoms with E-state index in [0.717, 1.165) is 11.1 Å². The van der Waals surface area contributed by atoms with Crippen molar-refractivity contribution in [3.8, 4) is 5.75 Å². The Morgan fingerprint density at radius 1 is 1.30 bits per heavy atom. The van der Waals surface area contributed by atoms with Crippen LogP contribution < -0.4 is 10.1 Å². The van der Waals surface area contributed by atoms with Crippen molar-refractivity contribution in [1.29, 1.82) is 0 Å². The van der Waals surface area contributed by atoms with Crippen molar-refractivity contribution >= 4 is 35.0 Å². The van der Waals surface area contributed by atoms with Gasteiger partial charge in [-0.1, -0.05) is 17.7 Å². The number of rotatable bonds is 5. The smallest absolute Gasteiger partial charge is 0.348 e. The van der Waals surface area contributed by atoms with Crippen LogP contribution in [0.2, 0.25) is 0 Å². The van der Waals surface area contributed by atoms with Gasteiger partial charge in [0.25, 0.3) is 0 Å². The number of carbonyl (C=O) groups is 2. The molecule has 0 spiro atoms. The number of fused-ring (bicyclic) bond motifs is 1. The average molecular weight is 383 g/mol. The monoisotopic (exact) mass is 383 g/mol. The third-order valence-corrected chi connectivity index (χ3v) is 4.72. The normalized spacial score (nSPS) is 17.4. The Hall–Kier alpha value is -2.86. The zero-order valence-corrected chi connectivity index (χ0v) is 16.3. The predicted molar refractivity (Wildman–Crippen MR) is 107 cm³/mol. The molecule has 0 aliphatic carbocycles. The summed E-state index contributed by atoms with van der Waals surface area (Å²) < 4.78 is 11.4. The number of anilines is 1. The molecule has 0 fully saturated rings. The lowest BCUT2D eigenvalue weighted by molar-refractivity contribution is -0.111. The zero-order chi connectivity index (χ0) is 19.4. The van der Waals surface area contributed by atoms with Crippen LogP contribution in [0.5, 0.6) is 5.75 Å². The summed E-state index contributed by atoms with van der Waals surface area (Å²) in [5.41, 5.74) is 1.73. The third kappa shape index (κ3) is 4.86. The standard InChI is InChI=1S/C21H21NO4S/c1-14(2)11-19(23)22-16-6-7-17-15(12-16)8-9-21(3,26-17)13-25-20(24)18-5-4-10-27-18/h4-12H,13H2,1-3H3,(H,22,23). The summed E-state index contributed by atoms with van der Waals surface area (Å²) in [6.45, 7) is 5.71. The number of ether oxygens (including phenoxy) is 2. The minimum Gasteiger partial charge on any atom is -0.479 e. The number of hydrogen-bond acceptors (Lipinski definition) is 5. The lowest BCUT2D eigenvalue weighted by atomic mass is 10.0. The van der Waals surface area contributed by atoms with Crippen molar-refractivity contribution in [3.05, 3.63) is 63.9 Å². The number of allylic oxidation sites excluding steroid dienone is 1. The molecule has 1 aromatic carbocycles. The van der Waals surface area contributed by atoms with Crippen molar-refractivity contribution in [1.82, 2.24) is 0 Å². The van der Waals surface area contributed by atoms with Gasteiger partial charge in [-0.25, -0.2) is 4.79 Å². The molecule has 1 aliphatic rings. The third-order valence-electron chi connectivity index (χ3n) is 3.87. The maximum atomic E-state index is 12.0. The lowest BCUT2D eigenvalue weighted by Gasteiger charge is -2.31. The zero-order valence-electron chi connectivity index (χ0n) is 15.4. The molecule has 0 saturated carbocycles. The van der Waals surface area contributed by atoms with Crippen molar-refractivity contribution in [3.63, 3.8) is 0 Å². The van der Waals surface area contributed by atoms with E-state index in [9.17, 15) is 9.59 Å². The van der Waals surface area contributed by atoms with Crippen LogP contribution in [0.3, 0.4) is 0 Å². The van der Waals surface area contributed by atoms with Crippen molar-refractivity contribution in [2.24, 2.45) is 0 Å². The van der Waals surface area contributed by atoms with E-state index in [0.29, 0.717) is 16.3 Å². The molecular weight excluding hydrogens is 362 g/mol. The number of nitrogens with one attached hydrogen (secondary N) is 1. The van der Waals surface area contributed by atoms with Gasteiger partial charge in [0.05, 0.1) is 0 Å². The molecular formula is C21H21NO4S. The largest absolute Gasteiger partial charge is 0.479 e. The van der Waals surface area contributed by atoms with Gasteiger partial charge in [-0.2, -0.15) is 0 Å². The first-order chi connectivity index (χ1) is 12.8. The SMILES string of the molecule is CC(C)=CC(=O)Nc1ccc2c(c1)C=CC(C)(COC(=O)c1cccs1)O2. The first-order valence-electron chi connectivity index (χ1n) is 8.53. The molecule has 27 heavy (non-hydrogen) atoms. The fourth-order valence-electron chi connectivity index (χ4n) is 2.59. The van der Waals surface area contributed by atoms with Gasteiger partial charge in [0, 0.05) is 17.3 Å². The maximum absolute atomic E-state index is 12.0. The molecule has 3 rings (SSSR count). The van der Waals surface area contributed by atoms with Gasteiger partial charge in [0.15, 0.2) is 5.60 Å². The van der Waals surface area contributed by atoms with Gasteiger partial charge in [0.1, 0.15) is 17.2 Å². The molecule has 6 heteroatoms. The Kier molecular flexibility index (Phi) is 5.46. The summed E-state index contributed by atoms with van der Waals surface area (Å²) in [6.07, 6.45) is 5.32. The fourth-order valence-corrected chi connectivity index (χ4v) is 3.21. The molecule has 1 amide bonds. The Bertz CT molecular complexity index is 910. The summed E-state index contributed by atoms with van der Waals surface area (Å²) in [7, 11) is 0. The minimum absolute atomic E-state index is 0.110. The highest BCUT2D eigenvalue weighted by atomic mass is 32.1. The second-order valence-corrected chi connectivity index (χ2v) is 7.71. The molecule has 2 aromatic rings. The Morgan fingerprint density at radius 2 is 2.11 bits per heavy atom. The summed E-state index contributed by atoms with van der Waals surface area (Å²) in [4.78, 5) is 24.4. The quantitative estimate of drug-likeness (QED) is 0.602. The van der Waals surface area contributed by atoms with E-state index in [1.165, 1.54) is 11.3 Å². The maximum Gasteiger partial charge on any atom is 0.348 e. The summed E-state index contributed by atoms with van der Waals surface area (Å²) in [6, 6.07) is 8.97. The molecule has 1 aliphatic heterocycles. The van der Waals surface area contributed by atoms with Crippen molar-refractivity contribution in [2.75, 3.05) is 11.9 Å². The van der Waals surface area contributed by atoms with Crippen LogP contribution in [0.1, 0.15) is 36.0 Å². The fraction of sp³-hybridized carbons (Fsp3) is 0.238. The molecule has 2 heterocycles. The van der Waals surface area contributed by atoms with E-state index in [-0.39, 0.29) is 18.5 Å². The summed E-state index contributed by atoms with van der Waals surface area (Å²) >= 11 is 1.34. The molecule has 0 saturated heterocycles. The Labute approximate surface area is 162 Å². The van der Waals surface area contributed by atoms with E-state index >= 15 is 0 Å². The van der Waals surface area contributed by atoms with E-state index in [1.807, 2.05) is 50.4 Å². The number of benzene rings is 1. The highest BCUT2D eigenvalue weighted by Gasteiger charge is 2.29. The van der Waals surface area contributed by atoms with Crippen LogP contribution >= 0.6 is 11.3 Å². The summed E-state index contributed by atoms with van der Waals surface area (Å²) in [5.74, 6) is 0.153. The highest BCUT2D eigenvalue weighted by molar-refractivity contribution is 7.11. The topological polar surface area (TPSA) is 64.6 Å². The van der Waals surface area contributed by atoms with E-state index in [1.54, 1.807) is 24.3 Å². The second-order valence-electron chi connectivity index (χ2n) is 6.77. The van der Waals surface area contributed by atoms with Gasteiger partial charge < -0.3 is 14.8 Å². The molecule has 1 atom stereocenters. The van der Waals surface area contributed by atoms with Crippen molar-refractivity contribution < 1.29 is 19.1 Å². The first kappa shape index (κ1) is 18.9. The Morgan fingerprint density at radius 3 is 2.81 bits per heavy atom. The van der Waals surface area contributed by atoms with Gasteiger partial charge in [-0.05, 0) is 56.5 Å². The van der Waals surface area contributed by atoms with E-state index < -0.39 is 5.60 Å². The molecule has 5 nitrogen and oxygen atoms in total. The number of carbonyl (C=O) groups excluding carboxylic acids is 2. The van der Waals surface area contributed by atoms with Gasteiger partial charge in [-0.15, -0.1) is 11.3 Å². The van der Waals surface area contributed by atoms with Crippen LogP contribution in [0.25, 0.3) is 6.08 Å².